The molecule has 0 saturated carbocycles. The average molecular weight is 426 g/mol. The molecular weight excluding hydrogens is 401 g/mol. The van der Waals surface area contributed by atoms with E-state index in [0.717, 1.165) is 12.8 Å². The van der Waals surface area contributed by atoms with Crippen LogP contribution in [-0.2, 0) is 14.8 Å². The van der Waals surface area contributed by atoms with E-state index in [4.69, 9.17) is 33.0 Å². The Morgan fingerprint density at radius 1 is 1.04 bits per heavy atom. The van der Waals surface area contributed by atoms with Crippen molar-refractivity contribution < 1.29 is 23.1 Å². The Bertz CT molecular complexity index is 661. The summed E-state index contributed by atoms with van der Waals surface area (Å²) >= 11 is 11.8. The zero-order valence-corrected chi connectivity index (χ0v) is 17.1. The molecular formula is C17H25Cl2NO5S. The minimum atomic E-state index is -3.29. The molecule has 1 aromatic rings. The number of rotatable bonds is 13. The smallest absolute Gasteiger partial charge is 0.303 e. The Labute approximate surface area is 165 Å². The number of ether oxygens (including phenoxy) is 1. The maximum Gasteiger partial charge on any atom is 0.303 e. The highest BCUT2D eigenvalue weighted by Crippen LogP contribution is 2.24. The quantitative estimate of drug-likeness (QED) is 0.481. The predicted molar refractivity (Wildman–Crippen MR) is 104 cm³/mol. The van der Waals surface area contributed by atoms with Crippen LogP contribution in [0, 0.1) is 0 Å². The van der Waals surface area contributed by atoms with E-state index in [0.29, 0.717) is 54.8 Å². The van der Waals surface area contributed by atoms with Gasteiger partial charge < -0.3 is 9.84 Å². The first kappa shape index (κ1) is 23.0. The molecule has 0 radical (unpaired) electrons. The number of sulfonamides is 1. The molecule has 1 N–H and O–H groups in total. The maximum absolute atomic E-state index is 11.9. The summed E-state index contributed by atoms with van der Waals surface area (Å²) in [5, 5.41) is 9.54. The van der Waals surface area contributed by atoms with Crippen LogP contribution in [-0.4, -0.2) is 49.8 Å². The Morgan fingerprint density at radius 3 is 2.19 bits per heavy atom. The van der Waals surface area contributed by atoms with Gasteiger partial charge in [0.25, 0.3) is 0 Å². The Hall–Kier alpha value is -1.02. The molecule has 0 aliphatic heterocycles. The predicted octanol–water partition coefficient (Wildman–Crippen LogP) is 4.06. The number of carbonyl (C=O) groups is 1. The number of benzene rings is 1. The molecule has 0 aliphatic carbocycles. The van der Waals surface area contributed by atoms with Crippen molar-refractivity contribution in [3.05, 3.63) is 28.2 Å². The lowest BCUT2D eigenvalue weighted by Crippen LogP contribution is -2.32. The molecule has 0 heterocycles. The van der Waals surface area contributed by atoms with Crippen LogP contribution in [0.2, 0.25) is 10.0 Å². The molecule has 0 aliphatic rings. The number of carboxylic acid groups (broad SMARTS) is 1. The van der Waals surface area contributed by atoms with E-state index >= 15 is 0 Å². The topological polar surface area (TPSA) is 83.9 Å². The minimum Gasteiger partial charge on any atom is -0.493 e. The largest absolute Gasteiger partial charge is 0.493 e. The highest BCUT2D eigenvalue weighted by atomic mass is 35.5. The molecule has 148 valence electrons. The fourth-order valence-corrected chi connectivity index (χ4v) is 3.83. The van der Waals surface area contributed by atoms with E-state index in [1.807, 2.05) is 0 Å². The van der Waals surface area contributed by atoms with Crippen LogP contribution in [0.4, 0.5) is 0 Å². The van der Waals surface area contributed by atoms with Crippen molar-refractivity contribution in [3.63, 3.8) is 0 Å². The van der Waals surface area contributed by atoms with Gasteiger partial charge in [-0.3, -0.25) is 4.79 Å². The van der Waals surface area contributed by atoms with E-state index in [-0.39, 0.29) is 6.42 Å². The lowest BCUT2D eigenvalue weighted by atomic mass is 10.1. The molecule has 1 aromatic carbocycles. The molecule has 0 amide bonds. The summed E-state index contributed by atoms with van der Waals surface area (Å²) in [4.78, 5) is 10.4. The van der Waals surface area contributed by atoms with Crippen LogP contribution in [0.1, 0.15) is 38.5 Å². The molecule has 9 heteroatoms. The van der Waals surface area contributed by atoms with Crippen LogP contribution in [0.15, 0.2) is 18.2 Å². The zero-order chi connectivity index (χ0) is 19.6. The van der Waals surface area contributed by atoms with Gasteiger partial charge in [-0.2, -0.15) is 0 Å². The molecule has 1 rings (SSSR count). The van der Waals surface area contributed by atoms with Crippen molar-refractivity contribution in [2.24, 2.45) is 0 Å². The van der Waals surface area contributed by atoms with Gasteiger partial charge in [0.1, 0.15) is 5.75 Å². The fourth-order valence-electron chi connectivity index (χ4n) is 2.40. The van der Waals surface area contributed by atoms with Crippen molar-refractivity contribution in [2.45, 2.75) is 38.5 Å². The van der Waals surface area contributed by atoms with Gasteiger partial charge >= 0.3 is 5.97 Å². The second-order valence-electron chi connectivity index (χ2n) is 6.03. The van der Waals surface area contributed by atoms with E-state index in [2.05, 4.69) is 0 Å². The first-order valence-corrected chi connectivity index (χ1v) is 11.0. The lowest BCUT2D eigenvalue weighted by molar-refractivity contribution is -0.137. The number of hydrogen-bond donors (Lipinski definition) is 1. The Balaban J connectivity index is 2.33. The first-order valence-electron chi connectivity index (χ1n) is 8.44. The normalized spacial score (nSPS) is 11.7. The van der Waals surface area contributed by atoms with Gasteiger partial charge in [0.15, 0.2) is 0 Å². The summed E-state index contributed by atoms with van der Waals surface area (Å²) in [6.07, 6.45) is 4.78. The molecule has 0 saturated heterocycles. The molecule has 0 spiro atoms. The second kappa shape index (κ2) is 11.6. The van der Waals surface area contributed by atoms with Crippen LogP contribution < -0.4 is 4.74 Å². The van der Waals surface area contributed by atoms with Gasteiger partial charge in [0, 0.05) is 29.6 Å². The van der Waals surface area contributed by atoms with Crippen molar-refractivity contribution in [2.75, 3.05) is 26.0 Å². The van der Waals surface area contributed by atoms with Crippen molar-refractivity contribution in [1.82, 2.24) is 4.31 Å². The van der Waals surface area contributed by atoms with Gasteiger partial charge in [-0.05, 0) is 37.5 Å². The van der Waals surface area contributed by atoms with E-state index in [1.165, 1.54) is 10.6 Å². The van der Waals surface area contributed by atoms with Gasteiger partial charge in [-0.15, -0.1) is 0 Å². The third kappa shape index (κ3) is 10.2. The minimum absolute atomic E-state index is 0.153. The van der Waals surface area contributed by atoms with Crippen LogP contribution in [0.5, 0.6) is 5.75 Å². The molecule has 0 unspecified atom stereocenters. The molecule has 26 heavy (non-hydrogen) atoms. The SMILES string of the molecule is CS(=O)(=O)N(CCCCCCC(=O)O)CCCOc1cc(Cl)cc(Cl)c1. The van der Waals surface area contributed by atoms with Gasteiger partial charge in [0.2, 0.25) is 10.0 Å². The molecule has 0 aromatic heterocycles. The van der Waals surface area contributed by atoms with Crippen molar-refractivity contribution >= 4 is 39.2 Å². The van der Waals surface area contributed by atoms with Gasteiger partial charge in [0.05, 0.1) is 12.9 Å². The number of nitrogens with zero attached hydrogens (tertiary/aromatic N) is 1. The van der Waals surface area contributed by atoms with E-state index in [9.17, 15) is 13.2 Å². The summed E-state index contributed by atoms with van der Waals surface area (Å²) in [6.45, 7) is 1.14. The highest BCUT2D eigenvalue weighted by molar-refractivity contribution is 7.88. The van der Waals surface area contributed by atoms with Crippen LogP contribution >= 0.6 is 23.2 Å². The first-order chi connectivity index (χ1) is 12.2. The van der Waals surface area contributed by atoms with Gasteiger partial charge in [-0.1, -0.05) is 36.0 Å². The lowest BCUT2D eigenvalue weighted by Gasteiger charge is -2.20. The third-order valence-corrected chi connectivity index (χ3v) is 5.41. The number of halogens is 2. The van der Waals surface area contributed by atoms with Crippen molar-refractivity contribution in [1.29, 1.82) is 0 Å². The molecule has 0 atom stereocenters. The van der Waals surface area contributed by atoms with Gasteiger partial charge in [-0.25, -0.2) is 12.7 Å². The summed E-state index contributed by atoms with van der Waals surface area (Å²) in [5.41, 5.74) is 0. The summed E-state index contributed by atoms with van der Waals surface area (Å²) in [5.74, 6) is -0.254. The van der Waals surface area contributed by atoms with E-state index in [1.54, 1.807) is 18.2 Å². The standard InChI is InChI=1S/C17H25Cl2NO5S/c1-26(23,24)20(8-5-3-2-4-7-17(21)22)9-6-10-25-16-12-14(18)11-15(19)13-16/h11-13H,2-10H2,1H3,(H,21,22). The van der Waals surface area contributed by atoms with E-state index < -0.39 is 16.0 Å². The number of aliphatic carboxylic acids is 1. The zero-order valence-electron chi connectivity index (χ0n) is 14.8. The highest BCUT2D eigenvalue weighted by Gasteiger charge is 2.15. The monoisotopic (exact) mass is 425 g/mol. The number of carboxylic acids is 1. The summed E-state index contributed by atoms with van der Waals surface area (Å²) in [6, 6.07) is 4.91. The maximum atomic E-state index is 11.9. The summed E-state index contributed by atoms with van der Waals surface area (Å²) in [7, 11) is -3.29. The summed E-state index contributed by atoms with van der Waals surface area (Å²) < 4.78 is 30.7. The Kier molecular flexibility index (Phi) is 10.3. The Morgan fingerprint density at radius 2 is 1.62 bits per heavy atom. The molecule has 0 fully saturated rings. The van der Waals surface area contributed by atoms with Crippen LogP contribution in [0.3, 0.4) is 0 Å². The number of unbranched alkanes of at least 4 members (excludes halogenated alkanes) is 3. The second-order valence-corrected chi connectivity index (χ2v) is 8.88. The average Bonchev–Trinajstić information content (AvgIpc) is 2.50. The molecule has 0 bridgehead atoms. The van der Waals surface area contributed by atoms with Crippen LogP contribution in [0.25, 0.3) is 0 Å². The molecule has 6 nitrogen and oxygen atoms in total. The number of hydrogen-bond acceptors (Lipinski definition) is 4. The van der Waals surface area contributed by atoms with Crippen molar-refractivity contribution in [3.8, 4) is 5.75 Å². The third-order valence-electron chi connectivity index (χ3n) is 3.67. The fraction of sp³-hybridized carbons (Fsp3) is 0.588.